The monoisotopic (exact) mass is 365 g/mol. The van der Waals surface area contributed by atoms with Gasteiger partial charge in [0.25, 0.3) is 5.89 Å². The lowest BCUT2D eigenvalue weighted by Crippen LogP contribution is -2.24. The number of pyridine rings is 2. The first-order valence-corrected chi connectivity index (χ1v) is 9.23. The van der Waals surface area contributed by atoms with Crippen molar-refractivity contribution in [3.05, 3.63) is 50.7 Å². The van der Waals surface area contributed by atoms with E-state index in [0.717, 1.165) is 47.7 Å². The number of nitrogens with one attached hydrogen (secondary N) is 1. The van der Waals surface area contributed by atoms with E-state index in [1.54, 1.807) is 6.07 Å². The van der Waals surface area contributed by atoms with Crippen LogP contribution in [0, 0.1) is 13.8 Å². The minimum absolute atomic E-state index is 0.0909. The van der Waals surface area contributed by atoms with Gasteiger partial charge < -0.3 is 14.4 Å². The van der Waals surface area contributed by atoms with Crippen molar-refractivity contribution in [2.24, 2.45) is 7.05 Å². The van der Waals surface area contributed by atoms with Crippen LogP contribution in [0.2, 0.25) is 0 Å². The first-order valence-electron chi connectivity index (χ1n) is 9.23. The predicted octanol–water partition coefficient (Wildman–Crippen LogP) is 2.32. The van der Waals surface area contributed by atoms with E-state index in [0.29, 0.717) is 17.8 Å². The summed E-state index contributed by atoms with van der Waals surface area (Å²) in [5.74, 6) is 0.770. The molecule has 0 bridgehead atoms. The van der Waals surface area contributed by atoms with Crippen LogP contribution in [0.25, 0.3) is 22.8 Å². The standard InChI is InChI=1S/C20H23N5O2/c1-5-15-18(16(26)8-11(2)25(15)4)20-23-19(24-27-20)17-12(3)22-10-13-9-21-7-6-14(13)17/h8,10,21H,5-7,9H2,1-4H3. The Labute approximate surface area is 157 Å². The van der Waals surface area contributed by atoms with E-state index >= 15 is 0 Å². The quantitative estimate of drug-likeness (QED) is 0.767. The summed E-state index contributed by atoms with van der Waals surface area (Å²) in [5, 5.41) is 7.56. The number of hydrogen-bond acceptors (Lipinski definition) is 6. The number of aromatic nitrogens is 4. The molecule has 1 aliphatic rings. The fraction of sp³-hybridized carbons (Fsp3) is 0.400. The van der Waals surface area contributed by atoms with Crippen molar-refractivity contribution in [2.45, 2.75) is 40.2 Å². The summed E-state index contributed by atoms with van der Waals surface area (Å²) in [6, 6.07) is 1.61. The van der Waals surface area contributed by atoms with E-state index in [4.69, 9.17) is 4.52 Å². The van der Waals surface area contributed by atoms with Crippen LogP contribution < -0.4 is 10.7 Å². The van der Waals surface area contributed by atoms with Gasteiger partial charge in [0.1, 0.15) is 5.56 Å². The van der Waals surface area contributed by atoms with Gasteiger partial charge in [0.15, 0.2) is 5.43 Å². The molecule has 0 saturated carbocycles. The third kappa shape index (κ3) is 2.88. The molecule has 3 aromatic heterocycles. The van der Waals surface area contributed by atoms with Crippen LogP contribution in [0.4, 0.5) is 0 Å². The largest absolute Gasteiger partial charge is 0.351 e. The second-order valence-electron chi connectivity index (χ2n) is 6.96. The molecule has 0 unspecified atom stereocenters. The Morgan fingerprint density at radius 1 is 1.30 bits per heavy atom. The summed E-state index contributed by atoms with van der Waals surface area (Å²) in [4.78, 5) is 21.8. The van der Waals surface area contributed by atoms with Gasteiger partial charge in [-0.25, -0.2) is 0 Å². The van der Waals surface area contributed by atoms with Gasteiger partial charge in [-0.15, -0.1) is 0 Å². The van der Waals surface area contributed by atoms with Gasteiger partial charge in [-0.2, -0.15) is 4.98 Å². The third-order valence-corrected chi connectivity index (χ3v) is 5.34. The molecule has 4 heterocycles. The van der Waals surface area contributed by atoms with Crippen molar-refractivity contribution in [3.8, 4) is 22.8 Å². The van der Waals surface area contributed by atoms with Crippen LogP contribution in [0.1, 0.15) is 35.1 Å². The molecule has 3 aromatic rings. The lowest BCUT2D eigenvalue weighted by Gasteiger charge is -2.19. The van der Waals surface area contributed by atoms with Crippen molar-refractivity contribution in [2.75, 3.05) is 6.54 Å². The summed E-state index contributed by atoms with van der Waals surface area (Å²) in [6.45, 7) is 7.59. The first kappa shape index (κ1) is 17.6. The van der Waals surface area contributed by atoms with Crippen LogP contribution in [-0.4, -0.2) is 26.2 Å². The maximum atomic E-state index is 12.7. The molecule has 0 radical (unpaired) electrons. The second kappa shape index (κ2) is 6.74. The Balaban J connectivity index is 1.88. The minimum Gasteiger partial charge on any atom is -0.351 e. The average Bonchev–Trinajstić information content (AvgIpc) is 3.13. The molecule has 0 saturated heterocycles. The molecule has 0 fully saturated rings. The predicted molar refractivity (Wildman–Crippen MR) is 102 cm³/mol. The van der Waals surface area contributed by atoms with Crippen LogP contribution in [0.5, 0.6) is 0 Å². The van der Waals surface area contributed by atoms with Crippen LogP contribution in [0.3, 0.4) is 0 Å². The molecular weight excluding hydrogens is 342 g/mol. The van der Waals surface area contributed by atoms with Gasteiger partial charge in [-0.1, -0.05) is 12.1 Å². The van der Waals surface area contributed by atoms with Crippen molar-refractivity contribution in [3.63, 3.8) is 0 Å². The fourth-order valence-corrected chi connectivity index (χ4v) is 3.82. The zero-order valence-electron chi connectivity index (χ0n) is 16.1. The normalized spacial score (nSPS) is 13.6. The first-order chi connectivity index (χ1) is 13.0. The number of hydrogen-bond donors (Lipinski definition) is 1. The van der Waals surface area contributed by atoms with Gasteiger partial charge >= 0.3 is 0 Å². The van der Waals surface area contributed by atoms with Crippen LogP contribution >= 0.6 is 0 Å². The van der Waals surface area contributed by atoms with E-state index < -0.39 is 0 Å². The summed E-state index contributed by atoms with van der Waals surface area (Å²) >= 11 is 0. The summed E-state index contributed by atoms with van der Waals surface area (Å²) < 4.78 is 7.55. The second-order valence-corrected chi connectivity index (χ2v) is 6.96. The number of rotatable bonds is 3. The molecule has 1 N–H and O–H groups in total. The summed E-state index contributed by atoms with van der Waals surface area (Å²) in [6.07, 6.45) is 3.50. The van der Waals surface area contributed by atoms with Crippen molar-refractivity contribution >= 4 is 0 Å². The van der Waals surface area contributed by atoms with Gasteiger partial charge in [0, 0.05) is 48.5 Å². The fourth-order valence-electron chi connectivity index (χ4n) is 3.82. The van der Waals surface area contributed by atoms with E-state index in [-0.39, 0.29) is 11.3 Å². The topological polar surface area (TPSA) is 85.8 Å². The highest BCUT2D eigenvalue weighted by Crippen LogP contribution is 2.30. The van der Waals surface area contributed by atoms with Crippen molar-refractivity contribution in [1.29, 1.82) is 0 Å². The summed E-state index contributed by atoms with van der Waals surface area (Å²) in [5.41, 5.74) is 6.36. The molecule has 7 heteroatoms. The van der Waals surface area contributed by atoms with Gasteiger partial charge in [0.2, 0.25) is 5.82 Å². The Kier molecular flexibility index (Phi) is 4.39. The molecule has 0 spiro atoms. The molecule has 4 rings (SSSR count). The highest BCUT2D eigenvalue weighted by atomic mass is 16.5. The number of nitrogens with zero attached hydrogens (tertiary/aromatic N) is 4. The Morgan fingerprint density at radius 3 is 2.89 bits per heavy atom. The Bertz CT molecular complexity index is 1080. The SMILES string of the molecule is CCc1c(-c2nc(-c3c(C)ncc4c3CCNC4)no2)c(=O)cc(C)n1C. The van der Waals surface area contributed by atoms with Crippen LogP contribution in [0.15, 0.2) is 21.6 Å². The molecule has 0 aliphatic carbocycles. The maximum absolute atomic E-state index is 12.7. The highest BCUT2D eigenvalue weighted by molar-refractivity contribution is 5.67. The smallest absolute Gasteiger partial charge is 0.264 e. The maximum Gasteiger partial charge on any atom is 0.264 e. The van der Waals surface area contributed by atoms with E-state index in [1.807, 2.05) is 38.6 Å². The van der Waals surface area contributed by atoms with Crippen molar-refractivity contribution < 1.29 is 4.52 Å². The molecule has 140 valence electrons. The Morgan fingerprint density at radius 2 is 2.11 bits per heavy atom. The zero-order valence-corrected chi connectivity index (χ0v) is 16.1. The van der Waals surface area contributed by atoms with E-state index in [1.165, 1.54) is 5.56 Å². The lowest BCUT2D eigenvalue weighted by atomic mass is 9.95. The molecule has 0 atom stereocenters. The molecule has 1 aliphatic heterocycles. The highest BCUT2D eigenvalue weighted by Gasteiger charge is 2.23. The van der Waals surface area contributed by atoms with Gasteiger partial charge in [-0.05, 0) is 44.4 Å². The zero-order chi connectivity index (χ0) is 19.1. The van der Waals surface area contributed by atoms with E-state index in [2.05, 4.69) is 20.4 Å². The molecular formula is C20H23N5O2. The number of aryl methyl sites for hydroxylation is 2. The molecule has 7 nitrogen and oxygen atoms in total. The van der Waals surface area contributed by atoms with Gasteiger partial charge in [-0.3, -0.25) is 9.78 Å². The average molecular weight is 365 g/mol. The Hall–Kier alpha value is -2.80. The number of fused-ring (bicyclic) bond motifs is 1. The molecule has 27 heavy (non-hydrogen) atoms. The lowest BCUT2D eigenvalue weighted by molar-refractivity contribution is 0.431. The third-order valence-electron chi connectivity index (χ3n) is 5.34. The summed E-state index contributed by atoms with van der Waals surface area (Å²) in [7, 11) is 1.95. The van der Waals surface area contributed by atoms with Crippen molar-refractivity contribution in [1.82, 2.24) is 25.0 Å². The minimum atomic E-state index is -0.0909. The molecule has 0 amide bonds. The van der Waals surface area contributed by atoms with Gasteiger partial charge in [0.05, 0.1) is 0 Å². The van der Waals surface area contributed by atoms with Crippen LogP contribution in [-0.2, 0) is 26.4 Å². The molecule has 0 aromatic carbocycles. The van der Waals surface area contributed by atoms with E-state index in [9.17, 15) is 4.79 Å².